The smallest absolute Gasteiger partial charge is 0.421 e. The van der Waals surface area contributed by atoms with Crippen LogP contribution in [0.2, 0.25) is 0 Å². The molecule has 0 atom stereocenters. The van der Waals surface area contributed by atoms with Crippen molar-refractivity contribution in [1.29, 1.82) is 0 Å². The van der Waals surface area contributed by atoms with E-state index in [1.54, 1.807) is 31.0 Å². The van der Waals surface area contributed by atoms with Crippen LogP contribution < -0.4 is 15.4 Å². The Hall–Kier alpha value is -4.04. The largest absolute Gasteiger partial charge is 0.495 e. The molecule has 3 aromatic rings. The van der Waals surface area contributed by atoms with Crippen LogP contribution in [0.1, 0.15) is 85.0 Å². The van der Waals surface area contributed by atoms with Gasteiger partial charge in [0.1, 0.15) is 17.1 Å². The standard InChI is InChI=1S/C38H49F3N7O5P/c1-6-52-54(53-7-2)23-25-8-14-31(33(20-25)51-5)44-37-42-21-30(38(39,40)41)35(45-37)43-32-15-13-28(29-22-46(4)36(50)34(29)32)26-9-11-27(12-10-26)48-18-16-47(17-19-48)24(3)49/h8,13-15,20-21,26-27H,6-7,9-12,16-19,22-23H2,1-5H3,(H2,42,43,44,45). The summed E-state index contributed by atoms with van der Waals surface area (Å²) in [7, 11) is 2.07. The van der Waals surface area contributed by atoms with Crippen molar-refractivity contribution in [3.8, 4) is 5.75 Å². The van der Waals surface area contributed by atoms with Gasteiger partial charge in [-0.25, -0.2) is 4.98 Å². The van der Waals surface area contributed by atoms with Crippen LogP contribution in [0.15, 0.2) is 36.5 Å². The summed E-state index contributed by atoms with van der Waals surface area (Å²) in [6, 6.07) is 9.52. The van der Waals surface area contributed by atoms with Crippen molar-refractivity contribution in [1.82, 2.24) is 24.7 Å². The molecule has 0 spiro atoms. The van der Waals surface area contributed by atoms with Crippen molar-refractivity contribution in [3.63, 3.8) is 0 Å². The fraction of sp³-hybridized carbons (Fsp3) is 0.526. The molecule has 12 nitrogen and oxygen atoms in total. The molecule has 3 aliphatic rings. The summed E-state index contributed by atoms with van der Waals surface area (Å²) in [4.78, 5) is 39.6. The van der Waals surface area contributed by atoms with E-state index in [-0.39, 0.29) is 29.4 Å². The summed E-state index contributed by atoms with van der Waals surface area (Å²) in [6.07, 6.45) is 0.404. The molecule has 54 heavy (non-hydrogen) atoms. The molecule has 1 aromatic heterocycles. The Balaban J connectivity index is 1.22. The van der Waals surface area contributed by atoms with Crippen molar-refractivity contribution in [2.75, 3.05) is 64.2 Å². The minimum absolute atomic E-state index is 0.0846. The maximum Gasteiger partial charge on any atom is 0.421 e. The van der Waals surface area contributed by atoms with Crippen molar-refractivity contribution in [2.45, 2.75) is 77.3 Å². The fourth-order valence-electron chi connectivity index (χ4n) is 7.71. The van der Waals surface area contributed by atoms with Gasteiger partial charge in [-0.1, -0.05) is 12.1 Å². The van der Waals surface area contributed by atoms with Crippen LogP contribution in [-0.4, -0.2) is 96.1 Å². The van der Waals surface area contributed by atoms with Crippen LogP contribution in [0.5, 0.6) is 5.75 Å². The molecule has 3 heterocycles. The van der Waals surface area contributed by atoms with Gasteiger partial charge in [0, 0.05) is 65.1 Å². The molecule has 0 unspecified atom stereocenters. The zero-order chi connectivity index (χ0) is 38.6. The Morgan fingerprint density at radius 2 is 1.67 bits per heavy atom. The van der Waals surface area contributed by atoms with E-state index in [2.05, 4.69) is 25.5 Å². The van der Waals surface area contributed by atoms with Crippen molar-refractivity contribution in [2.24, 2.45) is 0 Å². The Bertz CT molecular complexity index is 1810. The van der Waals surface area contributed by atoms with Crippen molar-refractivity contribution >= 4 is 43.3 Å². The Morgan fingerprint density at radius 3 is 2.30 bits per heavy atom. The van der Waals surface area contributed by atoms with Crippen molar-refractivity contribution < 1.29 is 36.5 Å². The van der Waals surface area contributed by atoms with Gasteiger partial charge in [0.15, 0.2) is 8.38 Å². The van der Waals surface area contributed by atoms with Gasteiger partial charge in [0.2, 0.25) is 11.9 Å². The van der Waals surface area contributed by atoms with Gasteiger partial charge < -0.3 is 34.2 Å². The van der Waals surface area contributed by atoms with E-state index in [1.165, 1.54) is 7.11 Å². The number of benzene rings is 2. The molecule has 0 radical (unpaired) electrons. The molecule has 16 heteroatoms. The molecular weight excluding hydrogens is 722 g/mol. The molecule has 2 N–H and O–H groups in total. The quantitative estimate of drug-likeness (QED) is 0.168. The van der Waals surface area contributed by atoms with E-state index >= 15 is 0 Å². The molecule has 6 rings (SSSR count). The van der Waals surface area contributed by atoms with Crippen LogP contribution in [0.25, 0.3) is 0 Å². The minimum Gasteiger partial charge on any atom is -0.495 e. The molecule has 2 aromatic carbocycles. The number of halogens is 3. The summed E-state index contributed by atoms with van der Waals surface area (Å²) < 4.78 is 60.1. The Kier molecular flexibility index (Phi) is 12.6. The summed E-state index contributed by atoms with van der Waals surface area (Å²) in [6.45, 7) is 10.1. The van der Waals surface area contributed by atoms with Gasteiger partial charge in [-0.15, -0.1) is 0 Å². The third-order valence-corrected chi connectivity index (χ3v) is 12.2. The monoisotopic (exact) mass is 771 g/mol. The lowest BCUT2D eigenvalue weighted by atomic mass is 9.78. The second kappa shape index (κ2) is 17.2. The number of amides is 2. The topological polar surface area (TPSA) is 121 Å². The number of hydrogen-bond donors (Lipinski definition) is 2. The maximum absolute atomic E-state index is 14.4. The van der Waals surface area contributed by atoms with Crippen LogP contribution in [0.4, 0.5) is 36.3 Å². The number of carbonyl (C=O) groups excluding carboxylic acids is 2. The lowest BCUT2D eigenvalue weighted by Crippen LogP contribution is -2.52. The van der Waals surface area contributed by atoms with Gasteiger partial charge in [-0.3, -0.25) is 14.5 Å². The van der Waals surface area contributed by atoms with Gasteiger partial charge >= 0.3 is 6.18 Å². The number of anilines is 4. The maximum atomic E-state index is 14.4. The second-order valence-corrected chi connectivity index (χ2v) is 15.3. The summed E-state index contributed by atoms with van der Waals surface area (Å²) in [5, 5.41) is 5.89. The molecule has 1 aliphatic carbocycles. The van der Waals surface area contributed by atoms with Gasteiger partial charge in [0.05, 0.1) is 37.3 Å². The third kappa shape index (κ3) is 8.91. The van der Waals surface area contributed by atoms with Gasteiger partial charge in [-0.05, 0) is 80.3 Å². The lowest BCUT2D eigenvalue weighted by Gasteiger charge is -2.42. The molecule has 1 saturated carbocycles. The zero-order valence-corrected chi connectivity index (χ0v) is 32.4. The molecule has 2 aliphatic heterocycles. The predicted molar refractivity (Wildman–Crippen MR) is 202 cm³/mol. The molecule has 1 saturated heterocycles. The lowest BCUT2D eigenvalue weighted by molar-refractivity contribution is -0.137. The first-order chi connectivity index (χ1) is 25.9. The molecular formula is C38H49F3N7O5P. The fourth-order valence-corrected chi connectivity index (χ4v) is 9.04. The highest BCUT2D eigenvalue weighted by Gasteiger charge is 2.38. The molecule has 2 fully saturated rings. The zero-order valence-electron chi connectivity index (χ0n) is 31.5. The average molecular weight is 772 g/mol. The first kappa shape index (κ1) is 39.6. The van der Waals surface area contributed by atoms with Crippen LogP contribution in [-0.2, 0) is 32.7 Å². The van der Waals surface area contributed by atoms with Gasteiger partial charge in [0.25, 0.3) is 5.91 Å². The first-order valence-electron chi connectivity index (χ1n) is 18.5. The number of carbonyl (C=O) groups is 2. The van der Waals surface area contributed by atoms with E-state index in [0.717, 1.165) is 74.7 Å². The number of nitrogens with one attached hydrogen (secondary N) is 2. The van der Waals surface area contributed by atoms with Crippen LogP contribution in [0, 0.1) is 0 Å². The van der Waals surface area contributed by atoms with Gasteiger partial charge in [-0.2, -0.15) is 18.2 Å². The summed E-state index contributed by atoms with van der Waals surface area (Å²) in [5.41, 5.74) is 2.85. The number of rotatable bonds is 13. The highest BCUT2D eigenvalue weighted by Crippen LogP contribution is 2.45. The normalized spacial score (nSPS) is 19.3. The minimum atomic E-state index is -4.76. The average Bonchev–Trinajstić information content (AvgIpc) is 3.45. The second-order valence-electron chi connectivity index (χ2n) is 13.8. The number of ether oxygens (including phenoxy) is 1. The number of nitrogens with zero attached hydrogens (tertiary/aromatic N) is 5. The summed E-state index contributed by atoms with van der Waals surface area (Å²) >= 11 is 0. The number of piperazine rings is 1. The number of fused-ring (bicyclic) bond motifs is 1. The van der Waals surface area contributed by atoms with Crippen molar-refractivity contribution in [3.05, 3.63) is 64.3 Å². The van der Waals surface area contributed by atoms with E-state index in [4.69, 9.17) is 13.8 Å². The summed E-state index contributed by atoms with van der Waals surface area (Å²) in [5.74, 6) is -0.0240. The van der Waals surface area contributed by atoms with E-state index in [9.17, 15) is 22.8 Å². The highest BCUT2D eigenvalue weighted by atomic mass is 31.2. The number of aromatic nitrogens is 2. The van der Waals surface area contributed by atoms with Crippen LogP contribution >= 0.6 is 8.38 Å². The third-order valence-electron chi connectivity index (χ3n) is 10.4. The van der Waals surface area contributed by atoms with E-state index in [1.807, 2.05) is 36.9 Å². The molecule has 292 valence electrons. The van der Waals surface area contributed by atoms with Crippen LogP contribution in [0.3, 0.4) is 0 Å². The first-order valence-corrected chi connectivity index (χ1v) is 19.9. The predicted octanol–water partition coefficient (Wildman–Crippen LogP) is 7.65. The Labute approximate surface area is 315 Å². The number of methoxy groups -OCH3 is 1. The van der Waals surface area contributed by atoms with E-state index < -0.39 is 25.9 Å². The Morgan fingerprint density at radius 1 is 0.981 bits per heavy atom. The SMILES string of the molecule is CCOP(Cc1ccc(Nc2ncc(C(F)(F)F)c(Nc3ccc(C4CCC(N5CCN(C(C)=O)CC5)CC4)c4c3C(=O)N(C)C4)n2)c(OC)c1)OCC. The highest BCUT2D eigenvalue weighted by molar-refractivity contribution is 7.46. The molecule has 0 bridgehead atoms. The molecule has 2 amide bonds. The number of alkyl halides is 3. The van der Waals surface area contributed by atoms with E-state index in [0.29, 0.717) is 49.0 Å². The number of hydrogen-bond acceptors (Lipinski definition) is 10.